The zero-order valence-electron chi connectivity index (χ0n) is 19.0. The van der Waals surface area contributed by atoms with Crippen molar-refractivity contribution in [3.05, 3.63) is 21.2 Å². The fourth-order valence-electron chi connectivity index (χ4n) is 5.10. The average Bonchev–Trinajstić information content (AvgIpc) is 3.04. The van der Waals surface area contributed by atoms with Gasteiger partial charge in [0.2, 0.25) is 0 Å². The SMILES string of the molecule is Cc1c2c(c(Br)c3c1C(=O)NCC3)OC(C)(C1CCC(CC(=O)OC(C)(C)C)CC1)O2. The molecule has 1 atom stereocenters. The molecular weight excluding hydrogens is 462 g/mol. The maximum Gasteiger partial charge on any atom is 0.306 e. The van der Waals surface area contributed by atoms with E-state index in [4.69, 9.17) is 14.2 Å². The van der Waals surface area contributed by atoms with Gasteiger partial charge in [-0.25, -0.2) is 0 Å². The number of carbonyl (C=O) groups excluding carboxylic acids is 2. The van der Waals surface area contributed by atoms with Crippen LogP contribution in [0.2, 0.25) is 0 Å². The van der Waals surface area contributed by atoms with Crippen LogP contribution in [0.3, 0.4) is 0 Å². The van der Waals surface area contributed by atoms with E-state index in [-0.39, 0.29) is 17.8 Å². The van der Waals surface area contributed by atoms with E-state index >= 15 is 0 Å². The molecular formula is C24H32BrNO5. The van der Waals surface area contributed by atoms with Gasteiger partial charge in [0.15, 0.2) is 11.5 Å². The molecule has 1 aliphatic carbocycles. The standard InChI is InChI=1S/C24H32BrNO5/c1-13-18-16(10-11-26-22(18)28)19(25)21-20(13)30-24(5,31-21)15-8-6-14(7-9-15)12-17(27)29-23(2,3)4/h14-15H,6-12H2,1-5H3,(H,26,28). The van der Waals surface area contributed by atoms with Gasteiger partial charge in [-0.1, -0.05) is 0 Å². The number of amides is 1. The van der Waals surface area contributed by atoms with Gasteiger partial charge >= 0.3 is 5.97 Å². The van der Waals surface area contributed by atoms with Crippen LogP contribution in [-0.2, 0) is 16.0 Å². The highest BCUT2D eigenvalue weighted by molar-refractivity contribution is 9.10. The van der Waals surface area contributed by atoms with Crippen molar-refractivity contribution in [2.45, 2.75) is 84.5 Å². The summed E-state index contributed by atoms with van der Waals surface area (Å²) in [6, 6.07) is 0. The van der Waals surface area contributed by atoms with Gasteiger partial charge in [-0.2, -0.15) is 0 Å². The van der Waals surface area contributed by atoms with Crippen LogP contribution < -0.4 is 14.8 Å². The highest BCUT2D eigenvalue weighted by Gasteiger charge is 2.48. The second-order valence-electron chi connectivity index (χ2n) is 10.2. The summed E-state index contributed by atoms with van der Waals surface area (Å²) in [6.07, 6.45) is 4.98. The van der Waals surface area contributed by atoms with Crippen LogP contribution >= 0.6 is 15.9 Å². The topological polar surface area (TPSA) is 73.9 Å². The Labute approximate surface area is 192 Å². The van der Waals surface area contributed by atoms with Crippen LogP contribution in [-0.4, -0.2) is 29.8 Å². The van der Waals surface area contributed by atoms with Crippen LogP contribution in [0.15, 0.2) is 4.47 Å². The van der Waals surface area contributed by atoms with Crippen molar-refractivity contribution in [2.24, 2.45) is 11.8 Å². The first kappa shape index (κ1) is 22.4. The molecule has 7 heteroatoms. The van der Waals surface area contributed by atoms with Crippen LogP contribution in [0.5, 0.6) is 11.5 Å². The molecule has 1 amide bonds. The van der Waals surface area contributed by atoms with Gasteiger partial charge < -0.3 is 19.5 Å². The lowest BCUT2D eigenvalue weighted by atomic mass is 9.77. The second-order valence-corrected chi connectivity index (χ2v) is 11.0. The third-order valence-electron chi connectivity index (χ3n) is 6.65. The summed E-state index contributed by atoms with van der Waals surface area (Å²) in [5, 5.41) is 2.92. The first-order chi connectivity index (χ1) is 14.5. The molecule has 6 nitrogen and oxygen atoms in total. The third kappa shape index (κ3) is 4.30. The monoisotopic (exact) mass is 493 g/mol. The Kier molecular flexibility index (Phi) is 5.78. The molecule has 170 valence electrons. The van der Waals surface area contributed by atoms with Crippen molar-refractivity contribution >= 4 is 27.8 Å². The highest BCUT2D eigenvalue weighted by atomic mass is 79.9. The smallest absolute Gasteiger partial charge is 0.306 e. The van der Waals surface area contributed by atoms with Crippen molar-refractivity contribution < 1.29 is 23.8 Å². The largest absolute Gasteiger partial charge is 0.460 e. The number of hydrogen-bond donors (Lipinski definition) is 1. The number of ether oxygens (including phenoxy) is 3. The lowest BCUT2D eigenvalue weighted by Crippen LogP contribution is -2.45. The summed E-state index contributed by atoms with van der Waals surface area (Å²) in [4.78, 5) is 24.7. The molecule has 0 bridgehead atoms. The fraction of sp³-hybridized carbons (Fsp3) is 0.667. The first-order valence-corrected chi connectivity index (χ1v) is 12.0. The molecule has 1 aromatic rings. The molecule has 1 unspecified atom stereocenters. The number of rotatable bonds is 3. The van der Waals surface area contributed by atoms with E-state index in [1.54, 1.807) is 0 Å². The van der Waals surface area contributed by atoms with Crippen molar-refractivity contribution in [3.8, 4) is 11.5 Å². The van der Waals surface area contributed by atoms with Crippen molar-refractivity contribution in [1.82, 2.24) is 5.32 Å². The minimum absolute atomic E-state index is 0.0536. The molecule has 0 saturated heterocycles. The minimum atomic E-state index is -0.771. The van der Waals surface area contributed by atoms with E-state index in [1.807, 2.05) is 34.6 Å². The summed E-state index contributed by atoms with van der Waals surface area (Å²) >= 11 is 3.68. The number of benzene rings is 1. The van der Waals surface area contributed by atoms with Crippen LogP contribution in [0, 0.1) is 18.8 Å². The molecule has 0 radical (unpaired) electrons. The number of nitrogens with one attached hydrogen (secondary N) is 1. The van der Waals surface area contributed by atoms with E-state index in [0.29, 0.717) is 35.9 Å². The quantitative estimate of drug-likeness (QED) is 0.594. The lowest BCUT2D eigenvalue weighted by Gasteiger charge is -2.37. The molecule has 1 N–H and O–H groups in total. The predicted molar refractivity (Wildman–Crippen MR) is 120 cm³/mol. The molecule has 1 fully saturated rings. The molecule has 31 heavy (non-hydrogen) atoms. The third-order valence-corrected chi connectivity index (χ3v) is 7.49. The van der Waals surface area contributed by atoms with E-state index in [2.05, 4.69) is 21.2 Å². The van der Waals surface area contributed by atoms with Crippen molar-refractivity contribution in [2.75, 3.05) is 6.54 Å². The van der Waals surface area contributed by atoms with Gasteiger partial charge in [0.1, 0.15) is 5.60 Å². The van der Waals surface area contributed by atoms with Gasteiger partial charge in [0.05, 0.1) is 10.0 Å². The second kappa shape index (κ2) is 7.98. The number of esters is 1. The molecule has 2 aliphatic heterocycles. The predicted octanol–water partition coefficient (Wildman–Crippen LogP) is 5.07. The Bertz CT molecular complexity index is 914. The normalized spacial score (nSPS) is 27.5. The Morgan fingerprint density at radius 3 is 2.48 bits per heavy atom. The van der Waals surface area contributed by atoms with Gasteiger partial charge in [0, 0.05) is 31.4 Å². The number of fused-ring (bicyclic) bond motifs is 2. The summed E-state index contributed by atoms with van der Waals surface area (Å²) in [6.45, 7) is 10.3. The molecule has 3 aliphatic rings. The summed E-state index contributed by atoms with van der Waals surface area (Å²) < 4.78 is 19.2. The molecule has 1 saturated carbocycles. The van der Waals surface area contributed by atoms with Gasteiger partial charge in [-0.3, -0.25) is 9.59 Å². The summed E-state index contributed by atoms with van der Waals surface area (Å²) in [5.74, 6) is 0.987. The van der Waals surface area contributed by atoms with Crippen LogP contribution in [0.1, 0.15) is 81.3 Å². The van der Waals surface area contributed by atoms with E-state index < -0.39 is 11.4 Å². The Morgan fingerprint density at radius 1 is 1.19 bits per heavy atom. The zero-order chi connectivity index (χ0) is 22.6. The fourth-order valence-corrected chi connectivity index (χ4v) is 5.76. The van der Waals surface area contributed by atoms with Crippen LogP contribution in [0.4, 0.5) is 0 Å². The summed E-state index contributed by atoms with van der Waals surface area (Å²) in [7, 11) is 0. The zero-order valence-corrected chi connectivity index (χ0v) is 20.6. The van der Waals surface area contributed by atoms with Gasteiger partial charge in [-0.05, 0) is 87.2 Å². The Hall–Kier alpha value is -1.76. The minimum Gasteiger partial charge on any atom is -0.460 e. The van der Waals surface area contributed by atoms with E-state index in [1.165, 1.54) is 0 Å². The van der Waals surface area contributed by atoms with Gasteiger partial charge in [0.25, 0.3) is 11.7 Å². The Balaban J connectivity index is 1.46. The first-order valence-electron chi connectivity index (χ1n) is 11.2. The molecule has 1 aromatic carbocycles. The maximum absolute atomic E-state index is 12.5. The lowest BCUT2D eigenvalue weighted by molar-refractivity contribution is -0.157. The summed E-state index contributed by atoms with van der Waals surface area (Å²) in [5.41, 5.74) is 2.09. The number of hydrogen-bond acceptors (Lipinski definition) is 5. The average molecular weight is 494 g/mol. The number of carbonyl (C=O) groups is 2. The van der Waals surface area contributed by atoms with Crippen molar-refractivity contribution in [3.63, 3.8) is 0 Å². The molecule has 0 spiro atoms. The molecule has 4 rings (SSSR count). The van der Waals surface area contributed by atoms with E-state index in [0.717, 1.165) is 47.7 Å². The maximum atomic E-state index is 12.5. The molecule has 2 heterocycles. The molecule has 0 aromatic heterocycles. The van der Waals surface area contributed by atoms with Crippen LogP contribution in [0.25, 0.3) is 0 Å². The Morgan fingerprint density at radius 2 is 1.84 bits per heavy atom. The highest BCUT2D eigenvalue weighted by Crippen LogP contribution is 2.53. The number of halogens is 1. The van der Waals surface area contributed by atoms with E-state index in [9.17, 15) is 9.59 Å². The van der Waals surface area contributed by atoms with Gasteiger partial charge in [-0.15, -0.1) is 0 Å². The van der Waals surface area contributed by atoms with Crippen molar-refractivity contribution in [1.29, 1.82) is 0 Å².